The van der Waals surface area contributed by atoms with Gasteiger partial charge in [0.05, 0.1) is 18.2 Å². The standard InChI is InChI=1S/C24H27FN4O3S/c1-16-10-17(2)12-21(11-16)29-18(3)13-20(19(29)4)14-26-27-24(30)15-28(33(5,31)32)23-9-7-6-8-22(23)25/h6-14H,15H2,1-5H3,(H,27,30)/b26-14-. The third-order valence-corrected chi connectivity index (χ3v) is 6.26. The van der Waals surface area contributed by atoms with Crippen LogP contribution in [-0.2, 0) is 14.8 Å². The molecule has 9 heteroatoms. The van der Waals surface area contributed by atoms with Crippen molar-refractivity contribution in [1.82, 2.24) is 9.99 Å². The summed E-state index contributed by atoms with van der Waals surface area (Å²) in [5.41, 5.74) is 8.25. The Morgan fingerprint density at radius 2 is 1.73 bits per heavy atom. The van der Waals surface area contributed by atoms with Gasteiger partial charge in [0.15, 0.2) is 0 Å². The minimum absolute atomic E-state index is 0.198. The molecule has 0 fully saturated rings. The second-order valence-electron chi connectivity index (χ2n) is 8.02. The van der Waals surface area contributed by atoms with Crippen molar-refractivity contribution in [3.8, 4) is 5.69 Å². The van der Waals surface area contributed by atoms with Crippen molar-refractivity contribution in [3.05, 3.63) is 82.4 Å². The van der Waals surface area contributed by atoms with Gasteiger partial charge < -0.3 is 4.57 Å². The van der Waals surface area contributed by atoms with Crippen molar-refractivity contribution in [1.29, 1.82) is 0 Å². The van der Waals surface area contributed by atoms with Crippen molar-refractivity contribution in [2.75, 3.05) is 17.1 Å². The number of carbonyl (C=O) groups is 1. The fraction of sp³-hybridized carbons (Fsp3) is 0.250. The second-order valence-corrected chi connectivity index (χ2v) is 9.93. The van der Waals surface area contributed by atoms with Crippen LogP contribution in [0.5, 0.6) is 0 Å². The van der Waals surface area contributed by atoms with Crippen molar-refractivity contribution in [3.63, 3.8) is 0 Å². The molecule has 0 saturated heterocycles. The topological polar surface area (TPSA) is 83.8 Å². The van der Waals surface area contributed by atoms with Crippen molar-refractivity contribution < 1.29 is 17.6 Å². The molecule has 2 aromatic carbocycles. The quantitative estimate of drug-likeness (QED) is 0.422. The number of para-hydroxylation sites is 1. The SMILES string of the molecule is Cc1cc(C)cc(-n2c(C)cc(/C=N\NC(=O)CN(c3ccccc3F)S(C)(=O)=O)c2C)c1. The van der Waals surface area contributed by atoms with Gasteiger partial charge in [-0.25, -0.2) is 18.2 Å². The normalized spacial score (nSPS) is 11.7. The molecule has 174 valence electrons. The smallest absolute Gasteiger partial charge is 0.260 e. The van der Waals surface area contributed by atoms with Crippen LogP contribution >= 0.6 is 0 Å². The van der Waals surface area contributed by atoms with Crippen LogP contribution in [0.3, 0.4) is 0 Å². The minimum Gasteiger partial charge on any atom is -0.318 e. The van der Waals surface area contributed by atoms with Crippen LogP contribution in [-0.4, -0.2) is 37.9 Å². The van der Waals surface area contributed by atoms with Crippen molar-refractivity contribution >= 4 is 27.8 Å². The molecule has 3 aromatic rings. The average Bonchev–Trinajstić information content (AvgIpc) is 2.98. The number of nitrogens with zero attached hydrogens (tertiary/aromatic N) is 3. The number of aryl methyl sites for hydroxylation is 3. The summed E-state index contributed by atoms with van der Waals surface area (Å²) in [6, 6.07) is 13.6. The van der Waals surface area contributed by atoms with E-state index in [1.807, 2.05) is 33.8 Å². The molecule has 3 rings (SSSR count). The molecule has 1 heterocycles. The highest BCUT2D eigenvalue weighted by Gasteiger charge is 2.23. The number of benzene rings is 2. The third-order valence-electron chi connectivity index (χ3n) is 5.14. The maximum atomic E-state index is 14.1. The highest BCUT2D eigenvalue weighted by molar-refractivity contribution is 7.92. The summed E-state index contributed by atoms with van der Waals surface area (Å²) in [5.74, 6) is -1.43. The van der Waals surface area contributed by atoms with Crippen LogP contribution in [0.25, 0.3) is 5.69 Å². The Balaban J connectivity index is 1.77. The van der Waals surface area contributed by atoms with E-state index < -0.39 is 28.3 Å². The fourth-order valence-electron chi connectivity index (χ4n) is 3.77. The first kappa shape index (κ1) is 24.2. The molecule has 0 bridgehead atoms. The Hall–Kier alpha value is -3.46. The van der Waals surface area contributed by atoms with E-state index in [2.05, 4.69) is 33.3 Å². The van der Waals surface area contributed by atoms with E-state index in [0.717, 1.165) is 46.1 Å². The predicted octanol–water partition coefficient (Wildman–Crippen LogP) is 3.77. The molecule has 0 aliphatic heterocycles. The summed E-state index contributed by atoms with van der Waals surface area (Å²) >= 11 is 0. The molecule has 7 nitrogen and oxygen atoms in total. The Bertz CT molecular complexity index is 1310. The third kappa shape index (κ3) is 5.67. The number of nitrogens with one attached hydrogen (secondary N) is 1. The Morgan fingerprint density at radius 1 is 1.09 bits per heavy atom. The van der Waals surface area contributed by atoms with Gasteiger partial charge in [0, 0.05) is 22.6 Å². The van der Waals surface area contributed by atoms with Crippen LogP contribution in [0, 0.1) is 33.5 Å². The van der Waals surface area contributed by atoms with Crippen LogP contribution in [0.1, 0.15) is 28.1 Å². The van der Waals surface area contributed by atoms with Crippen molar-refractivity contribution in [2.24, 2.45) is 5.10 Å². The number of rotatable bonds is 7. The van der Waals surface area contributed by atoms with E-state index in [0.29, 0.717) is 4.31 Å². The van der Waals surface area contributed by atoms with Gasteiger partial charge >= 0.3 is 0 Å². The lowest BCUT2D eigenvalue weighted by Gasteiger charge is -2.21. The molecule has 0 atom stereocenters. The Kier molecular flexibility index (Phi) is 7.02. The van der Waals surface area contributed by atoms with Crippen LogP contribution in [0.2, 0.25) is 0 Å². The highest BCUT2D eigenvalue weighted by Crippen LogP contribution is 2.22. The first-order chi connectivity index (χ1) is 15.5. The molecular formula is C24H27FN4O3S. The molecule has 0 spiro atoms. The van der Waals surface area contributed by atoms with Gasteiger partial charge in [-0.05, 0) is 69.2 Å². The van der Waals surface area contributed by atoms with E-state index >= 15 is 0 Å². The molecule has 0 aliphatic carbocycles. The number of hydrazone groups is 1. The van der Waals surface area contributed by atoms with Crippen LogP contribution in [0.4, 0.5) is 10.1 Å². The summed E-state index contributed by atoms with van der Waals surface area (Å²) in [6.45, 7) is 7.43. The Morgan fingerprint density at radius 3 is 2.33 bits per heavy atom. The number of halogens is 1. The van der Waals surface area contributed by atoms with Crippen molar-refractivity contribution in [2.45, 2.75) is 27.7 Å². The zero-order valence-electron chi connectivity index (χ0n) is 19.3. The van der Waals surface area contributed by atoms with Gasteiger partial charge in [0.25, 0.3) is 5.91 Å². The summed E-state index contributed by atoms with van der Waals surface area (Å²) in [4.78, 5) is 12.4. The van der Waals surface area contributed by atoms with Gasteiger partial charge in [0.2, 0.25) is 10.0 Å². The molecule has 1 amide bonds. The number of hydrogen-bond donors (Lipinski definition) is 1. The minimum atomic E-state index is -3.88. The van der Waals surface area contributed by atoms with Gasteiger partial charge in [-0.1, -0.05) is 18.2 Å². The molecule has 1 N–H and O–H groups in total. The van der Waals surface area contributed by atoms with E-state index in [-0.39, 0.29) is 5.69 Å². The lowest BCUT2D eigenvalue weighted by atomic mass is 10.1. The first-order valence-corrected chi connectivity index (χ1v) is 12.1. The monoisotopic (exact) mass is 470 g/mol. The van der Waals surface area contributed by atoms with Gasteiger partial charge in [0.1, 0.15) is 12.4 Å². The summed E-state index contributed by atoms with van der Waals surface area (Å²) in [7, 11) is -3.88. The lowest BCUT2D eigenvalue weighted by molar-refractivity contribution is -0.119. The fourth-order valence-corrected chi connectivity index (χ4v) is 4.63. The number of amides is 1. The first-order valence-electron chi connectivity index (χ1n) is 10.3. The maximum Gasteiger partial charge on any atom is 0.260 e. The molecule has 0 saturated carbocycles. The number of sulfonamides is 1. The maximum absolute atomic E-state index is 14.1. The highest BCUT2D eigenvalue weighted by atomic mass is 32.2. The number of anilines is 1. The van der Waals surface area contributed by atoms with E-state index in [9.17, 15) is 17.6 Å². The predicted molar refractivity (Wildman–Crippen MR) is 129 cm³/mol. The average molecular weight is 471 g/mol. The van der Waals surface area contributed by atoms with E-state index in [4.69, 9.17) is 0 Å². The summed E-state index contributed by atoms with van der Waals surface area (Å²) in [6.07, 6.45) is 2.42. The second kappa shape index (κ2) is 9.58. The van der Waals surface area contributed by atoms with Gasteiger partial charge in [-0.3, -0.25) is 9.10 Å². The largest absolute Gasteiger partial charge is 0.318 e. The van der Waals surface area contributed by atoms with Crippen LogP contribution < -0.4 is 9.73 Å². The van der Waals surface area contributed by atoms with Gasteiger partial charge in [-0.15, -0.1) is 0 Å². The number of hydrogen-bond acceptors (Lipinski definition) is 4. The zero-order valence-corrected chi connectivity index (χ0v) is 20.1. The summed E-state index contributed by atoms with van der Waals surface area (Å²) < 4.78 is 41.2. The molecule has 1 aromatic heterocycles. The Labute approximate surface area is 193 Å². The zero-order chi connectivity index (χ0) is 24.3. The molecule has 0 radical (unpaired) electrons. The van der Waals surface area contributed by atoms with Crippen LogP contribution in [0.15, 0.2) is 53.6 Å². The summed E-state index contributed by atoms with van der Waals surface area (Å²) in [5, 5.41) is 3.98. The van der Waals surface area contributed by atoms with E-state index in [1.165, 1.54) is 24.4 Å². The number of aromatic nitrogens is 1. The molecule has 0 aliphatic rings. The molecule has 0 unspecified atom stereocenters. The molecular weight excluding hydrogens is 443 g/mol. The van der Waals surface area contributed by atoms with Gasteiger partial charge in [-0.2, -0.15) is 5.10 Å². The molecule has 33 heavy (non-hydrogen) atoms. The lowest BCUT2D eigenvalue weighted by Crippen LogP contribution is -2.39. The van der Waals surface area contributed by atoms with E-state index in [1.54, 1.807) is 0 Å². The number of carbonyl (C=O) groups excluding carboxylic acids is 1.